The van der Waals surface area contributed by atoms with Crippen LogP contribution in [-0.4, -0.2) is 37.3 Å². The predicted molar refractivity (Wildman–Crippen MR) is 104 cm³/mol. The first-order valence-electron chi connectivity index (χ1n) is 9.50. The third-order valence-electron chi connectivity index (χ3n) is 6.19. The first kappa shape index (κ1) is 18.0. The van der Waals surface area contributed by atoms with Crippen molar-refractivity contribution in [2.24, 2.45) is 0 Å². The number of aryl methyl sites for hydroxylation is 1. The number of phenolic OH excluding ortho intramolecular Hbond substituents is 1. The number of carbonyl (C=O) groups excluding carboxylic acids is 1. The molecular formula is C22H26N2O3. The number of hydrogen-bond donors (Lipinski definition) is 3. The lowest BCUT2D eigenvalue weighted by atomic mass is 9.72. The van der Waals surface area contributed by atoms with E-state index in [9.17, 15) is 9.90 Å². The highest BCUT2D eigenvalue weighted by Crippen LogP contribution is 2.51. The predicted octanol–water partition coefficient (Wildman–Crippen LogP) is 2.82. The fraction of sp³-hybridized carbons (Fsp3) is 0.409. The molecular weight excluding hydrogens is 340 g/mol. The number of hydrogen-bond acceptors (Lipinski definition) is 4. The molecule has 142 valence electrons. The summed E-state index contributed by atoms with van der Waals surface area (Å²) in [6.07, 6.45) is 1.86. The van der Waals surface area contributed by atoms with Crippen LogP contribution >= 0.6 is 0 Å². The van der Waals surface area contributed by atoms with Gasteiger partial charge in [-0.3, -0.25) is 4.79 Å². The fourth-order valence-electron chi connectivity index (χ4n) is 4.77. The molecule has 1 aliphatic heterocycles. The number of fused-ring (bicyclic) bond motifs is 2. The van der Waals surface area contributed by atoms with Gasteiger partial charge in [0.25, 0.3) is 5.91 Å². The minimum atomic E-state index is -0.208. The maximum Gasteiger partial charge on any atom is 0.251 e. The van der Waals surface area contributed by atoms with Crippen LogP contribution in [0.5, 0.6) is 5.75 Å². The van der Waals surface area contributed by atoms with Gasteiger partial charge in [-0.15, -0.1) is 0 Å². The van der Waals surface area contributed by atoms with Crippen LogP contribution in [0.25, 0.3) is 0 Å². The molecule has 2 aromatic rings. The van der Waals surface area contributed by atoms with Crippen molar-refractivity contribution in [3.63, 3.8) is 0 Å². The minimum Gasteiger partial charge on any atom is -0.508 e. The van der Waals surface area contributed by atoms with Crippen molar-refractivity contribution in [3.8, 4) is 5.75 Å². The normalized spacial score (nSPS) is 23.2. The second-order valence-electron chi connectivity index (χ2n) is 7.60. The van der Waals surface area contributed by atoms with E-state index in [4.69, 9.17) is 4.74 Å². The molecule has 0 saturated carbocycles. The number of amides is 1. The lowest BCUT2D eigenvalue weighted by molar-refractivity contribution is 0.00396. The molecule has 2 aromatic carbocycles. The quantitative estimate of drug-likeness (QED) is 0.781. The lowest BCUT2D eigenvalue weighted by Gasteiger charge is -2.40. The Balaban J connectivity index is 1.69. The Bertz CT molecular complexity index is 858. The van der Waals surface area contributed by atoms with Gasteiger partial charge < -0.3 is 20.5 Å². The molecule has 0 bridgehead atoms. The summed E-state index contributed by atoms with van der Waals surface area (Å²) in [6, 6.07) is 13.2. The zero-order valence-electron chi connectivity index (χ0n) is 15.8. The number of carbonyl (C=O) groups is 1. The van der Waals surface area contributed by atoms with Gasteiger partial charge in [0.05, 0.1) is 12.1 Å². The zero-order valence-corrected chi connectivity index (χ0v) is 15.8. The van der Waals surface area contributed by atoms with Crippen LogP contribution in [0.3, 0.4) is 0 Å². The number of rotatable bonds is 3. The average Bonchev–Trinajstić information content (AvgIpc) is 2.93. The highest BCUT2D eigenvalue weighted by molar-refractivity contribution is 5.95. The van der Waals surface area contributed by atoms with Crippen molar-refractivity contribution in [1.82, 2.24) is 10.6 Å². The summed E-state index contributed by atoms with van der Waals surface area (Å²) in [5.74, 6) is -0.0641. The molecule has 0 unspecified atom stereocenters. The van der Waals surface area contributed by atoms with E-state index in [1.54, 1.807) is 19.2 Å². The summed E-state index contributed by atoms with van der Waals surface area (Å²) in [5, 5.41) is 16.6. The summed E-state index contributed by atoms with van der Waals surface area (Å²) in [6.45, 7) is 3.70. The number of phenols is 1. The third-order valence-corrected chi connectivity index (χ3v) is 6.19. The SMILES string of the molecule is CO[C@H]1[C@H](NC(=O)c2ccc(C)c(O)c2)c2ccccc2C12CCNCC2. The number of methoxy groups -OCH3 is 1. The molecule has 5 nitrogen and oxygen atoms in total. The molecule has 2 aliphatic rings. The first-order valence-corrected chi connectivity index (χ1v) is 9.50. The van der Waals surface area contributed by atoms with Gasteiger partial charge in [0.1, 0.15) is 5.75 Å². The molecule has 5 heteroatoms. The maximum absolute atomic E-state index is 12.9. The molecule has 3 N–H and O–H groups in total. The minimum absolute atomic E-state index is 0.0794. The summed E-state index contributed by atoms with van der Waals surface area (Å²) in [5.41, 5.74) is 3.55. The Kier molecular flexibility index (Phi) is 4.66. The highest BCUT2D eigenvalue weighted by Gasteiger charge is 2.53. The van der Waals surface area contributed by atoms with E-state index in [2.05, 4.69) is 28.8 Å². The van der Waals surface area contributed by atoms with Crippen molar-refractivity contribution in [3.05, 3.63) is 64.7 Å². The highest BCUT2D eigenvalue weighted by atomic mass is 16.5. The molecule has 2 atom stereocenters. The Morgan fingerprint density at radius 3 is 2.67 bits per heavy atom. The number of ether oxygens (including phenoxy) is 1. The van der Waals surface area contributed by atoms with E-state index in [1.165, 1.54) is 11.6 Å². The molecule has 27 heavy (non-hydrogen) atoms. The van der Waals surface area contributed by atoms with Crippen LogP contribution in [0.2, 0.25) is 0 Å². The van der Waals surface area contributed by atoms with Crippen molar-refractivity contribution in [2.45, 2.75) is 37.3 Å². The maximum atomic E-state index is 12.9. The Morgan fingerprint density at radius 1 is 1.22 bits per heavy atom. The molecule has 1 fully saturated rings. The van der Waals surface area contributed by atoms with Gasteiger partial charge >= 0.3 is 0 Å². The number of benzene rings is 2. The van der Waals surface area contributed by atoms with Crippen molar-refractivity contribution < 1.29 is 14.6 Å². The second-order valence-corrected chi connectivity index (χ2v) is 7.60. The Hall–Kier alpha value is -2.37. The molecule has 1 saturated heterocycles. The van der Waals surface area contributed by atoms with Crippen molar-refractivity contribution in [2.75, 3.05) is 20.2 Å². The van der Waals surface area contributed by atoms with E-state index >= 15 is 0 Å². The molecule has 0 aromatic heterocycles. The smallest absolute Gasteiger partial charge is 0.251 e. The fourth-order valence-corrected chi connectivity index (χ4v) is 4.77. The van der Waals surface area contributed by atoms with E-state index in [-0.39, 0.29) is 29.2 Å². The van der Waals surface area contributed by atoms with Gasteiger partial charge in [-0.05, 0) is 61.7 Å². The van der Waals surface area contributed by atoms with Crippen molar-refractivity contribution >= 4 is 5.91 Å². The largest absolute Gasteiger partial charge is 0.508 e. The van der Waals surface area contributed by atoms with Gasteiger partial charge in [0, 0.05) is 18.1 Å². The number of piperidine rings is 1. The first-order chi connectivity index (χ1) is 13.1. The topological polar surface area (TPSA) is 70.6 Å². The lowest BCUT2D eigenvalue weighted by Crippen LogP contribution is -2.49. The van der Waals surface area contributed by atoms with Crippen molar-refractivity contribution in [1.29, 1.82) is 0 Å². The number of aromatic hydroxyl groups is 1. The van der Waals surface area contributed by atoms with Gasteiger partial charge in [0.15, 0.2) is 0 Å². The standard InChI is InChI=1S/C22H26N2O3/c1-14-7-8-15(13-18(14)25)21(26)24-19-16-5-3-4-6-17(16)22(20(19)27-2)9-11-23-12-10-22/h3-8,13,19-20,23,25H,9-12H2,1-2H3,(H,24,26)/t19-,20+/m1/s1. The van der Waals surface area contributed by atoms with Crippen LogP contribution < -0.4 is 10.6 Å². The molecule has 4 rings (SSSR count). The second kappa shape index (κ2) is 6.98. The third kappa shape index (κ3) is 2.91. The van der Waals surface area contributed by atoms with Crippen LogP contribution in [0.4, 0.5) is 0 Å². The van der Waals surface area contributed by atoms with Gasteiger partial charge in [-0.1, -0.05) is 30.3 Å². The summed E-state index contributed by atoms with van der Waals surface area (Å²) >= 11 is 0. The average molecular weight is 366 g/mol. The molecule has 1 amide bonds. The molecule has 0 radical (unpaired) electrons. The van der Waals surface area contributed by atoms with Crippen LogP contribution in [0.1, 0.15) is 45.9 Å². The molecule has 1 aliphatic carbocycles. The van der Waals surface area contributed by atoms with Gasteiger partial charge in [-0.2, -0.15) is 0 Å². The Labute approximate surface area is 159 Å². The number of nitrogens with one attached hydrogen (secondary N) is 2. The van der Waals surface area contributed by atoms with Gasteiger partial charge in [-0.25, -0.2) is 0 Å². The van der Waals surface area contributed by atoms with E-state index in [0.717, 1.165) is 37.1 Å². The molecule has 1 heterocycles. The summed E-state index contributed by atoms with van der Waals surface area (Å²) in [7, 11) is 1.73. The van der Waals surface area contributed by atoms with Crippen LogP contribution in [0.15, 0.2) is 42.5 Å². The monoisotopic (exact) mass is 366 g/mol. The Morgan fingerprint density at radius 2 is 1.96 bits per heavy atom. The zero-order chi connectivity index (χ0) is 19.0. The van der Waals surface area contributed by atoms with E-state index in [1.807, 2.05) is 13.0 Å². The summed E-state index contributed by atoms with van der Waals surface area (Å²) < 4.78 is 5.99. The van der Waals surface area contributed by atoms with E-state index < -0.39 is 0 Å². The van der Waals surface area contributed by atoms with Crippen LogP contribution in [-0.2, 0) is 10.2 Å². The van der Waals surface area contributed by atoms with Gasteiger partial charge in [0.2, 0.25) is 0 Å². The van der Waals surface area contributed by atoms with E-state index in [0.29, 0.717) is 5.56 Å². The van der Waals surface area contributed by atoms with Crippen LogP contribution in [0, 0.1) is 6.92 Å². The summed E-state index contributed by atoms with van der Waals surface area (Å²) in [4.78, 5) is 12.9. The molecule has 1 spiro atoms.